The van der Waals surface area contributed by atoms with E-state index in [4.69, 9.17) is 9.40 Å². The molecule has 1 saturated heterocycles. The van der Waals surface area contributed by atoms with E-state index in [0.29, 0.717) is 12.3 Å². The summed E-state index contributed by atoms with van der Waals surface area (Å²) in [4.78, 5) is 23.7. The molecule has 4 heterocycles. The lowest BCUT2D eigenvalue weighted by atomic mass is 9.93. The fourth-order valence-corrected chi connectivity index (χ4v) is 3.79. The van der Waals surface area contributed by atoms with E-state index in [1.54, 1.807) is 24.6 Å². The molecule has 1 atom stereocenters. The molecule has 1 aliphatic heterocycles. The van der Waals surface area contributed by atoms with Gasteiger partial charge in [0.2, 0.25) is 5.91 Å². The molecule has 1 N–H and O–H groups in total. The van der Waals surface area contributed by atoms with E-state index in [1.807, 2.05) is 49.1 Å². The first-order valence-electron chi connectivity index (χ1n) is 10.3. The van der Waals surface area contributed by atoms with Gasteiger partial charge in [0, 0.05) is 48.4 Å². The highest BCUT2D eigenvalue weighted by atomic mass is 16.3. The number of rotatable bonds is 5. The monoisotopic (exact) mass is 402 g/mol. The summed E-state index contributed by atoms with van der Waals surface area (Å²) in [6.07, 6.45) is 8.66. The Morgan fingerprint density at radius 2 is 2.17 bits per heavy atom. The van der Waals surface area contributed by atoms with E-state index in [2.05, 4.69) is 16.4 Å². The Balaban J connectivity index is 1.48. The molecule has 154 valence electrons. The summed E-state index contributed by atoms with van der Waals surface area (Å²) in [5.41, 5.74) is 4.02. The predicted octanol–water partition coefficient (Wildman–Crippen LogP) is 4.85. The number of aryl methyl sites for hydroxylation is 2. The third kappa shape index (κ3) is 4.76. The zero-order valence-corrected chi connectivity index (χ0v) is 17.3. The van der Waals surface area contributed by atoms with Crippen LogP contribution in [-0.4, -0.2) is 33.9 Å². The van der Waals surface area contributed by atoms with Crippen molar-refractivity contribution < 1.29 is 9.21 Å². The summed E-state index contributed by atoms with van der Waals surface area (Å²) < 4.78 is 5.27. The quantitative estimate of drug-likeness (QED) is 0.618. The molecular formula is C24H26N4O2. The Hall–Kier alpha value is -3.41. The number of amides is 1. The molecule has 6 heteroatoms. The molecule has 0 aromatic carbocycles. The van der Waals surface area contributed by atoms with Crippen molar-refractivity contribution in [2.24, 2.45) is 0 Å². The average Bonchev–Trinajstić information content (AvgIpc) is 3.27. The molecule has 0 spiro atoms. The Labute approximate surface area is 176 Å². The first-order valence-corrected chi connectivity index (χ1v) is 10.3. The number of likely N-dealkylation sites (tertiary alicyclic amines) is 1. The van der Waals surface area contributed by atoms with Gasteiger partial charge < -0.3 is 14.6 Å². The van der Waals surface area contributed by atoms with Crippen LogP contribution in [0.4, 0.5) is 11.5 Å². The Morgan fingerprint density at radius 1 is 1.27 bits per heavy atom. The second kappa shape index (κ2) is 8.95. The second-order valence-corrected chi connectivity index (χ2v) is 7.69. The van der Waals surface area contributed by atoms with Gasteiger partial charge in [-0.25, -0.2) is 4.98 Å². The highest BCUT2D eigenvalue weighted by Crippen LogP contribution is 2.29. The lowest BCUT2D eigenvalue weighted by Gasteiger charge is -2.32. The van der Waals surface area contributed by atoms with Gasteiger partial charge in [-0.3, -0.25) is 9.78 Å². The Bertz CT molecular complexity index is 1040. The van der Waals surface area contributed by atoms with Crippen molar-refractivity contribution in [3.63, 3.8) is 0 Å². The highest BCUT2D eigenvalue weighted by Gasteiger charge is 2.25. The van der Waals surface area contributed by atoms with Crippen LogP contribution in [0.1, 0.15) is 41.5 Å². The van der Waals surface area contributed by atoms with E-state index in [-0.39, 0.29) is 11.8 Å². The summed E-state index contributed by atoms with van der Waals surface area (Å²) in [7, 11) is 0. The Kier molecular flexibility index (Phi) is 5.93. The van der Waals surface area contributed by atoms with Gasteiger partial charge in [0.25, 0.3) is 0 Å². The first kappa shape index (κ1) is 19.9. The molecule has 0 bridgehead atoms. The van der Waals surface area contributed by atoms with Gasteiger partial charge in [-0.2, -0.15) is 0 Å². The molecule has 0 saturated carbocycles. The molecule has 0 radical (unpaired) electrons. The van der Waals surface area contributed by atoms with Crippen molar-refractivity contribution in [1.82, 2.24) is 14.9 Å². The number of anilines is 2. The summed E-state index contributed by atoms with van der Waals surface area (Å²) in [5.74, 6) is 1.74. The predicted molar refractivity (Wildman–Crippen MR) is 118 cm³/mol. The van der Waals surface area contributed by atoms with Crippen LogP contribution in [0.25, 0.3) is 6.08 Å². The summed E-state index contributed by atoms with van der Waals surface area (Å²) in [6.45, 7) is 5.46. The SMILES string of the molecule is Cc1cc(Nc2ncccc2C)cc([C@@H]2CCCN(C(=O)/C=C/c3ccco3)C2)n1. The number of hydrogen-bond donors (Lipinski definition) is 1. The molecule has 4 rings (SSSR count). The minimum atomic E-state index is 0.00575. The van der Waals surface area contributed by atoms with Crippen LogP contribution in [0.2, 0.25) is 0 Å². The molecular weight excluding hydrogens is 376 g/mol. The second-order valence-electron chi connectivity index (χ2n) is 7.69. The van der Waals surface area contributed by atoms with Crippen molar-refractivity contribution in [3.05, 3.63) is 77.6 Å². The lowest BCUT2D eigenvalue weighted by Crippen LogP contribution is -2.38. The van der Waals surface area contributed by atoms with Gasteiger partial charge in [0.15, 0.2) is 0 Å². The number of nitrogens with zero attached hydrogens (tertiary/aromatic N) is 3. The van der Waals surface area contributed by atoms with Crippen molar-refractivity contribution in [2.45, 2.75) is 32.6 Å². The van der Waals surface area contributed by atoms with Gasteiger partial charge in [-0.05, 0) is 68.7 Å². The first-order chi connectivity index (χ1) is 14.6. The van der Waals surface area contributed by atoms with Gasteiger partial charge in [-0.1, -0.05) is 6.07 Å². The van der Waals surface area contributed by atoms with Gasteiger partial charge in [-0.15, -0.1) is 0 Å². The van der Waals surface area contributed by atoms with E-state index >= 15 is 0 Å². The smallest absolute Gasteiger partial charge is 0.246 e. The van der Waals surface area contributed by atoms with Gasteiger partial charge in [0.1, 0.15) is 11.6 Å². The number of nitrogens with one attached hydrogen (secondary N) is 1. The van der Waals surface area contributed by atoms with E-state index in [0.717, 1.165) is 47.8 Å². The van der Waals surface area contributed by atoms with Crippen LogP contribution in [0.5, 0.6) is 0 Å². The van der Waals surface area contributed by atoms with Crippen LogP contribution in [0.15, 0.2) is 59.4 Å². The number of carbonyl (C=O) groups excluding carboxylic acids is 1. The maximum Gasteiger partial charge on any atom is 0.246 e. The van der Waals surface area contributed by atoms with Crippen molar-refractivity contribution in [3.8, 4) is 0 Å². The molecule has 0 unspecified atom stereocenters. The van der Waals surface area contributed by atoms with Crippen LogP contribution in [0, 0.1) is 13.8 Å². The topological polar surface area (TPSA) is 71.3 Å². The summed E-state index contributed by atoms with van der Waals surface area (Å²) in [6, 6.07) is 11.7. The number of carbonyl (C=O) groups is 1. The number of aromatic nitrogens is 2. The molecule has 1 fully saturated rings. The molecule has 30 heavy (non-hydrogen) atoms. The average molecular weight is 402 g/mol. The molecule has 0 aliphatic carbocycles. The zero-order valence-electron chi connectivity index (χ0n) is 17.3. The summed E-state index contributed by atoms with van der Waals surface area (Å²) >= 11 is 0. The third-order valence-electron chi connectivity index (χ3n) is 5.33. The van der Waals surface area contributed by atoms with Crippen molar-refractivity contribution in [1.29, 1.82) is 0 Å². The third-order valence-corrected chi connectivity index (χ3v) is 5.33. The molecule has 3 aromatic rings. The number of furan rings is 1. The Morgan fingerprint density at radius 3 is 2.97 bits per heavy atom. The van der Waals surface area contributed by atoms with Gasteiger partial charge in [0.05, 0.1) is 6.26 Å². The standard InChI is InChI=1S/C24H26N4O2/c1-17-6-3-11-25-24(17)27-20-14-18(2)26-22(15-20)19-7-4-12-28(16-19)23(29)10-9-21-8-5-13-30-21/h3,5-6,8-11,13-15,19H,4,7,12,16H2,1-2H3,(H,25,26,27)/b10-9+/t19-/m1/s1. The molecule has 6 nitrogen and oxygen atoms in total. The van der Waals surface area contributed by atoms with E-state index in [9.17, 15) is 4.79 Å². The van der Waals surface area contributed by atoms with E-state index in [1.165, 1.54) is 0 Å². The molecule has 1 amide bonds. The minimum absolute atomic E-state index is 0.00575. The maximum absolute atomic E-state index is 12.6. The zero-order chi connectivity index (χ0) is 20.9. The number of pyridine rings is 2. The van der Waals surface area contributed by atoms with Crippen LogP contribution in [0.3, 0.4) is 0 Å². The fourth-order valence-electron chi connectivity index (χ4n) is 3.79. The van der Waals surface area contributed by atoms with Gasteiger partial charge >= 0.3 is 0 Å². The highest BCUT2D eigenvalue weighted by molar-refractivity contribution is 5.91. The molecule has 3 aromatic heterocycles. The number of hydrogen-bond acceptors (Lipinski definition) is 5. The van der Waals surface area contributed by atoms with Crippen LogP contribution in [-0.2, 0) is 4.79 Å². The number of piperidine rings is 1. The van der Waals surface area contributed by atoms with Crippen LogP contribution < -0.4 is 5.32 Å². The minimum Gasteiger partial charge on any atom is -0.465 e. The van der Waals surface area contributed by atoms with Crippen LogP contribution >= 0.6 is 0 Å². The largest absolute Gasteiger partial charge is 0.465 e. The van der Waals surface area contributed by atoms with E-state index < -0.39 is 0 Å². The van der Waals surface area contributed by atoms with Crippen molar-refractivity contribution >= 4 is 23.5 Å². The summed E-state index contributed by atoms with van der Waals surface area (Å²) in [5, 5.41) is 3.41. The normalized spacial score (nSPS) is 16.7. The lowest BCUT2D eigenvalue weighted by molar-refractivity contribution is -0.127. The maximum atomic E-state index is 12.6. The fraction of sp³-hybridized carbons (Fsp3) is 0.292. The molecule has 1 aliphatic rings. The van der Waals surface area contributed by atoms with Crippen molar-refractivity contribution in [2.75, 3.05) is 18.4 Å².